The van der Waals surface area contributed by atoms with Crippen molar-refractivity contribution in [3.63, 3.8) is 0 Å². The van der Waals surface area contributed by atoms with E-state index in [0.717, 1.165) is 6.07 Å². The number of hydrogen-bond donors (Lipinski definition) is 4. The summed E-state index contributed by atoms with van der Waals surface area (Å²) < 4.78 is 26.2. The molecule has 7 heteroatoms. The summed E-state index contributed by atoms with van der Waals surface area (Å²) in [5, 5.41) is 6.25. The molecule has 1 aromatic carbocycles. The van der Waals surface area contributed by atoms with Crippen LogP contribution in [0.3, 0.4) is 0 Å². The number of nitrogens with zero attached hydrogens (tertiary/aromatic N) is 1. The monoisotopic (exact) mass is 239 g/mol. The van der Waals surface area contributed by atoms with Crippen LogP contribution < -0.4 is 17.0 Å². The van der Waals surface area contributed by atoms with E-state index in [9.17, 15) is 8.78 Å². The minimum absolute atomic E-state index is 0.289. The molecule has 0 aliphatic heterocycles. The quantitative estimate of drug-likeness (QED) is 0.471. The molecule has 0 spiro atoms. The van der Waals surface area contributed by atoms with E-state index in [1.165, 1.54) is 18.3 Å². The van der Waals surface area contributed by atoms with Gasteiger partial charge in [0, 0.05) is 11.6 Å². The lowest BCUT2D eigenvalue weighted by Gasteiger charge is -2.15. The average Bonchev–Trinajstić information content (AvgIpc) is 2.65. The van der Waals surface area contributed by atoms with Crippen molar-refractivity contribution in [1.29, 1.82) is 0 Å². The second-order valence-corrected chi connectivity index (χ2v) is 3.54. The Balaban J connectivity index is 2.45. The van der Waals surface area contributed by atoms with Crippen molar-refractivity contribution < 1.29 is 8.78 Å². The molecule has 0 aliphatic rings. The average molecular weight is 239 g/mol. The fraction of sp³-hybridized carbons (Fsp3) is 0.100. The summed E-state index contributed by atoms with van der Waals surface area (Å²) in [5.41, 5.74) is 8.93. The predicted molar refractivity (Wildman–Crippen MR) is 58.5 cm³/mol. The molecule has 17 heavy (non-hydrogen) atoms. The van der Waals surface area contributed by atoms with Gasteiger partial charge in [-0.25, -0.2) is 14.2 Å². The van der Waals surface area contributed by atoms with E-state index in [4.69, 9.17) is 11.6 Å². The number of H-pyrrole nitrogens is 1. The first-order valence-electron chi connectivity index (χ1n) is 4.82. The maximum Gasteiger partial charge on any atom is 0.126 e. The molecule has 0 bridgehead atoms. The van der Waals surface area contributed by atoms with Crippen molar-refractivity contribution in [2.45, 2.75) is 6.04 Å². The third-order valence-corrected chi connectivity index (χ3v) is 2.40. The Bertz CT molecular complexity index is 505. The van der Waals surface area contributed by atoms with Crippen LogP contribution in [-0.4, -0.2) is 10.2 Å². The van der Waals surface area contributed by atoms with Crippen LogP contribution in [0.2, 0.25) is 0 Å². The number of hydrazine groups is 1. The summed E-state index contributed by atoms with van der Waals surface area (Å²) in [6.45, 7) is 0. The van der Waals surface area contributed by atoms with Crippen molar-refractivity contribution in [2.24, 2.45) is 5.84 Å². The van der Waals surface area contributed by atoms with Crippen molar-refractivity contribution in [3.05, 3.63) is 47.2 Å². The summed E-state index contributed by atoms with van der Waals surface area (Å²) in [7, 11) is 0. The molecule has 0 amide bonds. The molecule has 90 valence electrons. The maximum absolute atomic E-state index is 13.1. The fourth-order valence-electron chi connectivity index (χ4n) is 1.64. The van der Waals surface area contributed by atoms with Gasteiger partial charge in [-0.2, -0.15) is 5.10 Å². The zero-order valence-electron chi connectivity index (χ0n) is 8.74. The van der Waals surface area contributed by atoms with Crippen LogP contribution in [0.1, 0.15) is 17.2 Å². The molecule has 6 N–H and O–H groups in total. The largest absolute Gasteiger partial charge is 0.384 e. The maximum atomic E-state index is 13.1. The molecule has 0 saturated heterocycles. The summed E-state index contributed by atoms with van der Waals surface area (Å²) in [4.78, 5) is 0. The summed E-state index contributed by atoms with van der Waals surface area (Å²) >= 11 is 0. The molecule has 5 nitrogen and oxygen atoms in total. The second kappa shape index (κ2) is 4.48. The number of nitrogen functional groups attached to an aromatic ring is 1. The minimum atomic E-state index is -0.678. The third kappa shape index (κ3) is 2.24. The summed E-state index contributed by atoms with van der Waals surface area (Å²) in [5.74, 6) is 4.31. The third-order valence-electron chi connectivity index (χ3n) is 2.40. The number of nitrogens with one attached hydrogen (secondary N) is 2. The molecule has 0 aliphatic carbocycles. The van der Waals surface area contributed by atoms with Gasteiger partial charge in [-0.3, -0.25) is 10.9 Å². The summed E-state index contributed by atoms with van der Waals surface area (Å²) in [6, 6.07) is 2.52. The molecule has 0 radical (unpaired) electrons. The lowest BCUT2D eigenvalue weighted by atomic mass is 10.0. The van der Waals surface area contributed by atoms with Gasteiger partial charge in [-0.1, -0.05) is 0 Å². The topological polar surface area (TPSA) is 92.7 Å². The zero-order valence-corrected chi connectivity index (χ0v) is 8.74. The van der Waals surface area contributed by atoms with Gasteiger partial charge in [0.2, 0.25) is 0 Å². The Morgan fingerprint density at radius 3 is 2.35 bits per heavy atom. The van der Waals surface area contributed by atoms with Gasteiger partial charge in [-0.05, 0) is 17.7 Å². The van der Waals surface area contributed by atoms with E-state index in [2.05, 4.69) is 15.6 Å². The lowest BCUT2D eigenvalue weighted by Crippen LogP contribution is -2.29. The molecule has 0 fully saturated rings. The number of halogens is 2. The highest BCUT2D eigenvalue weighted by atomic mass is 19.1. The number of aromatic nitrogens is 2. The van der Waals surface area contributed by atoms with Crippen molar-refractivity contribution >= 4 is 5.82 Å². The predicted octanol–water partition coefficient (Wildman–Crippen LogP) is 0.823. The number of benzene rings is 1. The molecular formula is C10H11F2N5. The van der Waals surface area contributed by atoms with Gasteiger partial charge >= 0.3 is 0 Å². The van der Waals surface area contributed by atoms with Gasteiger partial charge in [0.25, 0.3) is 0 Å². The number of aromatic amines is 1. The highest BCUT2D eigenvalue weighted by Crippen LogP contribution is 2.25. The normalized spacial score (nSPS) is 12.6. The standard InChI is InChI=1S/C10H11F2N5/c11-6-1-5(2-7(12)3-6)9(16-14)8-4-15-17-10(8)13/h1-4,9,16H,14H2,(H3,13,15,17). The van der Waals surface area contributed by atoms with Gasteiger partial charge in [0.15, 0.2) is 0 Å². The molecule has 1 atom stereocenters. The zero-order chi connectivity index (χ0) is 12.4. The molecule has 2 rings (SSSR count). The van der Waals surface area contributed by atoms with Crippen LogP contribution in [0.5, 0.6) is 0 Å². The van der Waals surface area contributed by atoms with Gasteiger partial charge in [0.05, 0.1) is 12.2 Å². The van der Waals surface area contributed by atoms with E-state index in [1.807, 2.05) is 0 Å². The Hall–Kier alpha value is -1.99. The smallest absolute Gasteiger partial charge is 0.126 e. The van der Waals surface area contributed by atoms with E-state index < -0.39 is 17.7 Å². The molecular weight excluding hydrogens is 228 g/mol. The first-order chi connectivity index (χ1) is 8.11. The van der Waals surface area contributed by atoms with Crippen LogP contribution in [0.25, 0.3) is 0 Å². The van der Waals surface area contributed by atoms with Gasteiger partial charge in [0.1, 0.15) is 17.5 Å². The van der Waals surface area contributed by atoms with Crippen LogP contribution in [-0.2, 0) is 0 Å². The van der Waals surface area contributed by atoms with Crippen molar-refractivity contribution in [3.8, 4) is 0 Å². The number of anilines is 1. The highest BCUT2D eigenvalue weighted by Gasteiger charge is 2.18. The molecule has 1 unspecified atom stereocenters. The second-order valence-electron chi connectivity index (χ2n) is 3.54. The highest BCUT2D eigenvalue weighted by molar-refractivity contribution is 5.44. The van der Waals surface area contributed by atoms with E-state index in [1.54, 1.807) is 0 Å². The fourth-order valence-corrected chi connectivity index (χ4v) is 1.64. The van der Waals surface area contributed by atoms with Crippen molar-refractivity contribution in [1.82, 2.24) is 15.6 Å². The molecule has 1 heterocycles. The first kappa shape index (κ1) is 11.5. The Morgan fingerprint density at radius 1 is 1.24 bits per heavy atom. The van der Waals surface area contributed by atoms with Gasteiger partial charge < -0.3 is 5.73 Å². The van der Waals surface area contributed by atoms with Crippen LogP contribution >= 0.6 is 0 Å². The number of hydrogen-bond acceptors (Lipinski definition) is 4. The number of rotatable bonds is 3. The van der Waals surface area contributed by atoms with E-state index in [0.29, 0.717) is 11.1 Å². The Labute approximate surface area is 95.8 Å². The Morgan fingerprint density at radius 2 is 1.88 bits per heavy atom. The Kier molecular flexibility index (Phi) is 3.03. The SMILES string of the molecule is NNC(c1cc(F)cc(F)c1)c1cn[nH]c1N. The van der Waals surface area contributed by atoms with Crippen LogP contribution in [0.4, 0.5) is 14.6 Å². The first-order valence-corrected chi connectivity index (χ1v) is 4.82. The van der Waals surface area contributed by atoms with Crippen molar-refractivity contribution in [2.75, 3.05) is 5.73 Å². The van der Waals surface area contributed by atoms with Gasteiger partial charge in [-0.15, -0.1) is 0 Å². The molecule has 2 aromatic rings. The van der Waals surface area contributed by atoms with Crippen LogP contribution in [0, 0.1) is 11.6 Å². The van der Waals surface area contributed by atoms with E-state index in [-0.39, 0.29) is 5.82 Å². The van der Waals surface area contributed by atoms with E-state index >= 15 is 0 Å². The summed E-state index contributed by atoms with van der Waals surface area (Å²) in [6.07, 6.45) is 1.45. The lowest BCUT2D eigenvalue weighted by molar-refractivity contribution is 0.566. The molecule has 0 saturated carbocycles. The number of nitrogens with two attached hydrogens (primary N) is 2. The van der Waals surface area contributed by atoms with Crippen LogP contribution in [0.15, 0.2) is 24.4 Å². The minimum Gasteiger partial charge on any atom is -0.384 e. The molecule has 1 aromatic heterocycles.